The SMILES string of the molecule is CC(C)C(=O)Nc1nc2c(ncn2[C@@H]2O[C@H](CO)[C@@H](O[Si](C)(C)C(C)(C)C)[C@@H]2O[P+](=O)O[C@H]2[C@H](O[Si](C)(C)C(C)(C)C)[C@@H](CO)O[C@H]2n2cnc3c(=O)[nH]c(NC(=O)C(C)C)nc32)c(=O)[nH]1. The van der Waals surface area contributed by atoms with Gasteiger partial charge in [-0.1, -0.05) is 69.2 Å². The average molecular weight is 980 g/mol. The lowest BCUT2D eigenvalue weighted by Gasteiger charge is -2.40. The quantitative estimate of drug-likeness (QED) is 0.0668. The molecule has 364 valence electrons. The molecule has 2 amide bonds. The third-order valence-electron chi connectivity index (χ3n) is 12.8. The molecule has 23 nitrogen and oxygen atoms in total. The minimum Gasteiger partial charge on any atom is -0.408 e. The van der Waals surface area contributed by atoms with E-state index in [0.717, 1.165) is 0 Å². The van der Waals surface area contributed by atoms with Crippen LogP contribution in [0.15, 0.2) is 22.2 Å². The number of fused-ring (bicyclic) bond motifs is 2. The van der Waals surface area contributed by atoms with Gasteiger partial charge < -0.3 is 28.5 Å². The lowest BCUT2D eigenvalue weighted by molar-refractivity contribution is -0.119. The van der Waals surface area contributed by atoms with Crippen molar-refractivity contribution in [2.24, 2.45) is 11.8 Å². The van der Waals surface area contributed by atoms with Crippen molar-refractivity contribution >= 4 is 70.9 Å². The summed E-state index contributed by atoms with van der Waals surface area (Å²) in [6.45, 7) is 25.7. The van der Waals surface area contributed by atoms with Crippen LogP contribution in [0.4, 0.5) is 11.9 Å². The smallest absolute Gasteiger partial charge is 0.408 e. The number of ether oxygens (including phenoxy) is 2. The van der Waals surface area contributed by atoms with Crippen molar-refractivity contribution in [2.75, 3.05) is 23.8 Å². The summed E-state index contributed by atoms with van der Waals surface area (Å²) in [5.41, 5.74) is -1.57. The van der Waals surface area contributed by atoms with E-state index in [1.165, 1.54) is 21.8 Å². The first-order chi connectivity index (χ1) is 30.6. The van der Waals surface area contributed by atoms with Crippen molar-refractivity contribution in [1.82, 2.24) is 39.0 Å². The van der Waals surface area contributed by atoms with Crippen LogP contribution in [-0.2, 0) is 41.5 Å². The molecule has 4 aromatic heterocycles. The van der Waals surface area contributed by atoms with E-state index in [2.05, 4.69) is 40.5 Å². The zero-order valence-corrected chi connectivity index (χ0v) is 42.8. The summed E-state index contributed by atoms with van der Waals surface area (Å²) in [7, 11) is -8.71. The largest absolute Gasteiger partial charge is 0.698 e. The average Bonchev–Trinajstić information content (AvgIpc) is 3.98. The van der Waals surface area contributed by atoms with Gasteiger partial charge in [0.1, 0.15) is 24.4 Å². The predicted molar refractivity (Wildman–Crippen MR) is 247 cm³/mol. The van der Waals surface area contributed by atoms with Gasteiger partial charge in [-0.3, -0.25) is 48.9 Å². The zero-order valence-electron chi connectivity index (χ0n) is 39.9. The van der Waals surface area contributed by atoms with Gasteiger partial charge in [-0.15, -0.1) is 9.05 Å². The summed E-state index contributed by atoms with van der Waals surface area (Å²) in [6, 6.07) is 0. The molecule has 6 heterocycles. The van der Waals surface area contributed by atoms with Crippen molar-refractivity contribution in [3.63, 3.8) is 0 Å². The number of hydrogen-bond donors (Lipinski definition) is 6. The highest BCUT2D eigenvalue weighted by atomic mass is 31.1. The van der Waals surface area contributed by atoms with Crippen molar-refractivity contribution in [1.29, 1.82) is 0 Å². The molecule has 0 radical (unpaired) electrons. The number of carbonyl (C=O) groups is 2. The first-order valence-electron chi connectivity index (χ1n) is 21.8. The van der Waals surface area contributed by atoms with Crippen molar-refractivity contribution in [2.45, 2.75) is 155 Å². The Balaban J connectivity index is 1.45. The molecular weight excluding hydrogens is 916 g/mol. The fourth-order valence-corrected chi connectivity index (χ4v) is 10.3. The van der Waals surface area contributed by atoms with E-state index >= 15 is 0 Å². The minimum absolute atomic E-state index is 0.0199. The monoisotopic (exact) mass is 979 g/mol. The Bertz CT molecular complexity index is 2390. The Morgan fingerprint density at radius 1 is 0.712 bits per heavy atom. The number of aromatic amines is 2. The third kappa shape index (κ3) is 10.3. The number of imidazole rings is 2. The van der Waals surface area contributed by atoms with E-state index in [-0.39, 0.29) is 44.3 Å². The molecule has 0 spiro atoms. The molecule has 8 atom stereocenters. The Morgan fingerprint density at radius 3 is 1.36 bits per heavy atom. The molecule has 66 heavy (non-hydrogen) atoms. The Labute approximate surface area is 384 Å². The fraction of sp³-hybridized carbons (Fsp3) is 0.700. The molecule has 0 aromatic carbocycles. The number of H-pyrrole nitrogens is 2. The molecule has 2 aliphatic rings. The van der Waals surface area contributed by atoms with Gasteiger partial charge in [0.05, 0.1) is 25.9 Å². The van der Waals surface area contributed by atoms with Gasteiger partial charge in [-0.25, -0.2) is 9.97 Å². The Morgan fingerprint density at radius 2 is 1.06 bits per heavy atom. The Hall–Kier alpha value is -4.15. The second kappa shape index (κ2) is 19.1. The third-order valence-corrected chi connectivity index (χ3v) is 22.5. The fourth-order valence-electron chi connectivity index (χ4n) is 6.79. The number of aliphatic hydroxyl groups is 2. The molecule has 2 aliphatic heterocycles. The summed E-state index contributed by atoms with van der Waals surface area (Å²) in [6.07, 6.45) is -6.93. The number of carbonyl (C=O) groups excluding carboxylic acids is 2. The first-order valence-corrected chi connectivity index (χ1v) is 28.7. The lowest BCUT2D eigenvalue weighted by atomic mass is 10.1. The minimum atomic E-state index is -3.26. The molecule has 4 aromatic rings. The van der Waals surface area contributed by atoms with Crippen LogP contribution in [0.1, 0.15) is 81.7 Å². The van der Waals surface area contributed by atoms with Crippen LogP contribution in [0, 0.1) is 11.8 Å². The van der Waals surface area contributed by atoms with Crippen LogP contribution in [0.5, 0.6) is 0 Å². The second-order valence-corrected chi connectivity index (χ2v) is 30.7. The second-order valence-electron chi connectivity index (χ2n) is 20.3. The number of amides is 2. The summed E-state index contributed by atoms with van der Waals surface area (Å²) >= 11 is 0. The van der Waals surface area contributed by atoms with Crippen LogP contribution in [0.2, 0.25) is 36.3 Å². The molecule has 6 N–H and O–H groups in total. The van der Waals surface area contributed by atoms with Gasteiger partial charge in [0.2, 0.25) is 23.7 Å². The molecular formula is C40H64N10O13PSi2+. The van der Waals surface area contributed by atoms with Gasteiger partial charge in [0, 0.05) is 16.4 Å². The number of hydrogen-bond acceptors (Lipinski definition) is 17. The molecule has 2 fully saturated rings. The highest BCUT2D eigenvalue weighted by Crippen LogP contribution is 2.49. The highest BCUT2D eigenvalue weighted by molar-refractivity contribution is 7.33. The van der Waals surface area contributed by atoms with Crippen LogP contribution in [0.3, 0.4) is 0 Å². The van der Waals surface area contributed by atoms with Crippen molar-refractivity contribution in [3.05, 3.63) is 33.4 Å². The van der Waals surface area contributed by atoms with E-state index < -0.39 is 122 Å². The lowest BCUT2D eigenvalue weighted by Crippen LogP contribution is -2.50. The van der Waals surface area contributed by atoms with E-state index in [1.54, 1.807) is 27.7 Å². The summed E-state index contributed by atoms with van der Waals surface area (Å²) in [4.78, 5) is 74.4. The molecule has 2 saturated heterocycles. The van der Waals surface area contributed by atoms with Gasteiger partial charge in [-0.2, -0.15) is 9.97 Å². The van der Waals surface area contributed by atoms with E-state index in [0.29, 0.717) is 0 Å². The van der Waals surface area contributed by atoms with Crippen LogP contribution >= 0.6 is 8.25 Å². The number of anilines is 2. The van der Waals surface area contributed by atoms with E-state index in [4.69, 9.17) is 27.4 Å². The summed E-state index contributed by atoms with van der Waals surface area (Å²) in [5, 5.41) is 26.1. The maximum atomic E-state index is 14.8. The molecule has 6 rings (SSSR count). The standard InChI is InChI=1S/C40H63N10O13PSi2/c1-19(2)31(53)45-37-43-29-23(33(55)47-37)41-17-49(29)35-27(25(21(15-51)58-35)62-65(11,12)39(5,6)7)60-64(57)61-28-26(63-66(13,14)40(8,9)10)22(16-52)59-36(28)50-18-42-24-30(50)44-38(48-34(24)56)46-32(54)20(3)4/h17-22,25-28,35-36,51-52H,15-16H2,1-14H3,(H3-,43,44,45,46,47,48,53,54,55,56)/p+1/t21-,22-,25-,26-,27+,28+,35-,36-/m1/s1. The van der Waals surface area contributed by atoms with Crippen molar-refractivity contribution < 1.29 is 51.7 Å². The topological polar surface area (TPSA) is 298 Å². The zero-order chi connectivity index (χ0) is 49.0. The number of rotatable bonds is 16. The first kappa shape index (κ1) is 51.2. The van der Waals surface area contributed by atoms with Crippen LogP contribution < -0.4 is 21.8 Å². The molecule has 26 heteroatoms. The molecule has 0 aliphatic carbocycles. The van der Waals surface area contributed by atoms with Gasteiger partial charge in [-0.05, 0) is 36.3 Å². The van der Waals surface area contributed by atoms with Crippen LogP contribution in [0.25, 0.3) is 22.3 Å². The van der Waals surface area contributed by atoms with Gasteiger partial charge in [0.25, 0.3) is 11.1 Å². The summed E-state index contributed by atoms with van der Waals surface area (Å²) in [5.74, 6) is -1.99. The highest BCUT2D eigenvalue weighted by Gasteiger charge is 2.59. The number of nitrogens with zero attached hydrogens (tertiary/aromatic N) is 6. The number of aliphatic hydroxyl groups excluding tert-OH is 2. The van der Waals surface area contributed by atoms with E-state index in [1.807, 2.05) is 67.7 Å². The maximum absolute atomic E-state index is 14.8. The van der Waals surface area contributed by atoms with Gasteiger partial charge >= 0.3 is 8.25 Å². The number of aromatic nitrogens is 8. The Kier molecular flexibility index (Phi) is 14.8. The molecule has 0 saturated carbocycles. The normalized spacial score (nSPS) is 24.5. The maximum Gasteiger partial charge on any atom is 0.698 e. The molecule has 0 unspecified atom stereocenters. The van der Waals surface area contributed by atoms with Crippen LogP contribution in [-0.4, -0.2) is 128 Å². The predicted octanol–water partition coefficient (Wildman–Crippen LogP) is 4.43. The van der Waals surface area contributed by atoms with Gasteiger partial charge in [0.15, 0.2) is 63.6 Å². The summed E-state index contributed by atoms with van der Waals surface area (Å²) < 4.78 is 57.0. The number of nitrogens with one attached hydrogen (secondary N) is 4. The van der Waals surface area contributed by atoms with E-state index in [9.17, 15) is 34.0 Å². The molecule has 0 bridgehead atoms. The van der Waals surface area contributed by atoms with Crippen molar-refractivity contribution in [3.8, 4) is 0 Å².